The van der Waals surface area contributed by atoms with E-state index in [1.807, 2.05) is 19.0 Å². The van der Waals surface area contributed by atoms with Crippen LogP contribution >= 0.6 is 0 Å². The number of halogens is 2. The summed E-state index contributed by atoms with van der Waals surface area (Å²) in [7, 11) is 3.78. The lowest BCUT2D eigenvalue weighted by molar-refractivity contribution is 0.0951. The summed E-state index contributed by atoms with van der Waals surface area (Å²) < 4.78 is 27.2. The second-order valence-corrected chi connectivity index (χ2v) is 5.69. The van der Waals surface area contributed by atoms with Crippen molar-refractivity contribution in [3.63, 3.8) is 0 Å². The van der Waals surface area contributed by atoms with Gasteiger partial charge in [-0.2, -0.15) is 0 Å². The van der Waals surface area contributed by atoms with Gasteiger partial charge in [-0.25, -0.2) is 8.78 Å². The minimum Gasteiger partial charge on any atom is -0.351 e. The number of nitrogens with one attached hydrogen (secondary N) is 2. The van der Waals surface area contributed by atoms with Crippen molar-refractivity contribution in [1.82, 2.24) is 10.2 Å². The third kappa shape index (κ3) is 5.09. The topological polar surface area (TPSA) is 61.4 Å². The molecule has 0 heterocycles. The van der Waals surface area contributed by atoms with E-state index >= 15 is 0 Å². The summed E-state index contributed by atoms with van der Waals surface area (Å²) in [5, 5.41) is 4.92. The number of rotatable bonds is 6. The molecule has 0 aliphatic heterocycles. The first-order valence-corrected chi connectivity index (χ1v) is 7.67. The molecule has 0 atom stereocenters. The molecule has 132 valence electrons. The van der Waals surface area contributed by atoms with Gasteiger partial charge in [0.15, 0.2) is 0 Å². The SMILES string of the molecule is CN(C)CCNC(=O)c1cccc(C(=O)Nc2c(F)cccc2F)c1. The van der Waals surface area contributed by atoms with E-state index in [1.165, 1.54) is 24.3 Å². The fraction of sp³-hybridized carbons (Fsp3) is 0.222. The molecule has 0 aliphatic carbocycles. The van der Waals surface area contributed by atoms with E-state index in [2.05, 4.69) is 10.6 Å². The van der Waals surface area contributed by atoms with Crippen LogP contribution in [0.15, 0.2) is 42.5 Å². The van der Waals surface area contributed by atoms with Crippen LogP contribution in [-0.2, 0) is 0 Å². The number of para-hydroxylation sites is 1. The van der Waals surface area contributed by atoms with E-state index in [-0.39, 0.29) is 11.5 Å². The lowest BCUT2D eigenvalue weighted by atomic mass is 10.1. The van der Waals surface area contributed by atoms with Crippen LogP contribution in [0.5, 0.6) is 0 Å². The molecule has 0 saturated heterocycles. The number of amides is 2. The third-order valence-electron chi connectivity index (χ3n) is 3.43. The molecule has 2 aromatic rings. The average Bonchev–Trinajstić information content (AvgIpc) is 2.58. The first-order valence-electron chi connectivity index (χ1n) is 7.67. The summed E-state index contributed by atoms with van der Waals surface area (Å²) in [6.45, 7) is 1.14. The lowest BCUT2D eigenvalue weighted by Crippen LogP contribution is -2.31. The van der Waals surface area contributed by atoms with Crippen LogP contribution in [0.2, 0.25) is 0 Å². The number of hydrogen-bond acceptors (Lipinski definition) is 3. The highest BCUT2D eigenvalue weighted by molar-refractivity contribution is 6.06. The van der Waals surface area contributed by atoms with E-state index in [0.29, 0.717) is 18.7 Å². The Morgan fingerprint density at radius 2 is 1.52 bits per heavy atom. The molecule has 0 radical (unpaired) electrons. The average molecular weight is 347 g/mol. The van der Waals surface area contributed by atoms with Gasteiger partial charge in [-0.1, -0.05) is 12.1 Å². The van der Waals surface area contributed by atoms with Gasteiger partial charge >= 0.3 is 0 Å². The van der Waals surface area contributed by atoms with E-state index in [4.69, 9.17) is 0 Å². The third-order valence-corrected chi connectivity index (χ3v) is 3.43. The predicted molar refractivity (Wildman–Crippen MR) is 91.6 cm³/mol. The Hall–Kier alpha value is -2.80. The summed E-state index contributed by atoms with van der Waals surface area (Å²) in [5.74, 6) is -2.77. The normalized spacial score (nSPS) is 10.6. The molecular weight excluding hydrogens is 328 g/mol. The van der Waals surface area contributed by atoms with E-state index < -0.39 is 23.2 Å². The molecule has 7 heteroatoms. The molecule has 0 aliphatic rings. The zero-order chi connectivity index (χ0) is 18.4. The second kappa shape index (κ2) is 8.34. The van der Waals surface area contributed by atoms with Gasteiger partial charge in [-0.15, -0.1) is 0 Å². The van der Waals surface area contributed by atoms with Gasteiger partial charge in [0, 0.05) is 24.2 Å². The maximum absolute atomic E-state index is 13.6. The van der Waals surface area contributed by atoms with E-state index in [1.54, 1.807) is 6.07 Å². The molecule has 2 amide bonds. The largest absolute Gasteiger partial charge is 0.351 e. The van der Waals surface area contributed by atoms with Crippen LogP contribution in [0.25, 0.3) is 0 Å². The van der Waals surface area contributed by atoms with Crippen molar-refractivity contribution >= 4 is 17.5 Å². The number of carbonyl (C=O) groups excluding carboxylic acids is 2. The summed E-state index contributed by atoms with van der Waals surface area (Å²) in [6, 6.07) is 9.24. The molecule has 2 aromatic carbocycles. The maximum Gasteiger partial charge on any atom is 0.255 e. The molecular formula is C18H19F2N3O2. The van der Waals surface area contributed by atoms with Gasteiger partial charge in [0.1, 0.15) is 17.3 Å². The van der Waals surface area contributed by atoms with E-state index in [0.717, 1.165) is 12.1 Å². The highest BCUT2D eigenvalue weighted by atomic mass is 19.1. The number of nitrogens with zero attached hydrogens (tertiary/aromatic N) is 1. The van der Waals surface area contributed by atoms with Crippen molar-refractivity contribution in [3.8, 4) is 0 Å². The number of benzene rings is 2. The number of anilines is 1. The Balaban J connectivity index is 2.10. The fourth-order valence-corrected chi connectivity index (χ4v) is 2.10. The minimum absolute atomic E-state index is 0.128. The van der Waals surface area contributed by atoms with Crippen LogP contribution < -0.4 is 10.6 Å². The van der Waals surface area contributed by atoms with Gasteiger partial charge in [0.25, 0.3) is 11.8 Å². The van der Waals surface area contributed by atoms with Gasteiger partial charge in [-0.3, -0.25) is 9.59 Å². The van der Waals surface area contributed by atoms with Crippen molar-refractivity contribution < 1.29 is 18.4 Å². The monoisotopic (exact) mass is 347 g/mol. The Morgan fingerprint density at radius 1 is 0.960 bits per heavy atom. The van der Waals surface area contributed by atoms with Crippen molar-refractivity contribution in [2.45, 2.75) is 0 Å². The van der Waals surface area contributed by atoms with E-state index in [9.17, 15) is 18.4 Å². The van der Waals surface area contributed by atoms with Crippen LogP contribution in [-0.4, -0.2) is 43.9 Å². The molecule has 0 bridgehead atoms. The first kappa shape index (κ1) is 18.5. The smallest absolute Gasteiger partial charge is 0.255 e. The zero-order valence-corrected chi connectivity index (χ0v) is 14.0. The highest BCUT2D eigenvalue weighted by Gasteiger charge is 2.15. The number of likely N-dealkylation sites (N-methyl/N-ethyl adjacent to an activating group) is 1. The van der Waals surface area contributed by atoms with Crippen LogP contribution in [0.4, 0.5) is 14.5 Å². The zero-order valence-electron chi connectivity index (χ0n) is 14.0. The van der Waals surface area contributed by atoms with Crippen molar-refractivity contribution in [2.24, 2.45) is 0 Å². The molecule has 2 N–H and O–H groups in total. The number of hydrogen-bond donors (Lipinski definition) is 2. The molecule has 0 unspecified atom stereocenters. The van der Waals surface area contributed by atoms with Crippen LogP contribution in [0.1, 0.15) is 20.7 Å². The van der Waals surface area contributed by atoms with Crippen LogP contribution in [0, 0.1) is 11.6 Å². The van der Waals surface area contributed by atoms with Crippen molar-refractivity contribution in [1.29, 1.82) is 0 Å². The number of carbonyl (C=O) groups is 2. The molecule has 0 aromatic heterocycles. The standard InChI is InChI=1S/C18H19F2N3O2/c1-23(2)10-9-21-17(24)12-5-3-6-13(11-12)18(25)22-16-14(19)7-4-8-15(16)20/h3-8,11H,9-10H2,1-2H3,(H,21,24)(H,22,25). The Bertz CT molecular complexity index is 758. The molecule has 0 spiro atoms. The fourth-order valence-electron chi connectivity index (χ4n) is 2.10. The van der Waals surface area contributed by atoms with Crippen molar-refractivity contribution in [2.75, 3.05) is 32.5 Å². The van der Waals surface area contributed by atoms with Gasteiger partial charge < -0.3 is 15.5 Å². The Labute approximate surface area is 144 Å². The molecule has 5 nitrogen and oxygen atoms in total. The first-order chi connectivity index (χ1) is 11.9. The molecule has 25 heavy (non-hydrogen) atoms. The summed E-state index contributed by atoms with van der Waals surface area (Å²) in [5.41, 5.74) is -0.100. The van der Waals surface area contributed by atoms with Gasteiger partial charge in [0.05, 0.1) is 0 Å². The quantitative estimate of drug-likeness (QED) is 0.844. The summed E-state index contributed by atoms with van der Waals surface area (Å²) >= 11 is 0. The van der Waals surface area contributed by atoms with Gasteiger partial charge in [-0.05, 0) is 44.4 Å². The Morgan fingerprint density at radius 3 is 2.12 bits per heavy atom. The highest BCUT2D eigenvalue weighted by Crippen LogP contribution is 2.19. The van der Waals surface area contributed by atoms with Gasteiger partial charge in [0.2, 0.25) is 0 Å². The lowest BCUT2D eigenvalue weighted by Gasteiger charge is -2.11. The maximum atomic E-state index is 13.6. The molecule has 0 fully saturated rings. The second-order valence-electron chi connectivity index (χ2n) is 5.69. The predicted octanol–water partition coefficient (Wildman–Crippen LogP) is 2.51. The Kier molecular flexibility index (Phi) is 6.19. The molecule has 0 saturated carbocycles. The summed E-state index contributed by atoms with van der Waals surface area (Å²) in [4.78, 5) is 26.2. The molecule has 2 rings (SSSR count). The van der Waals surface area contributed by atoms with Crippen LogP contribution in [0.3, 0.4) is 0 Å². The van der Waals surface area contributed by atoms with Crippen molar-refractivity contribution in [3.05, 3.63) is 65.2 Å². The summed E-state index contributed by atoms with van der Waals surface area (Å²) in [6.07, 6.45) is 0. The minimum atomic E-state index is -0.870.